The molecule has 4 heteroatoms. The Morgan fingerprint density at radius 1 is 1.30 bits per heavy atom. The number of amides is 1. The summed E-state index contributed by atoms with van der Waals surface area (Å²) in [5.41, 5.74) is 5.85. The first kappa shape index (κ1) is 16.5. The first-order valence-corrected chi connectivity index (χ1v) is 6.83. The van der Waals surface area contributed by atoms with Crippen molar-refractivity contribution in [1.82, 2.24) is 5.32 Å². The van der Waals surface area contributed by atoms with Crippen molar-refractivity contribution in [2.75, 3.05) is 7.11 Å². The maximum absolute atomic E-state index is 12.4. The molecule has 3 N–H and O–H groups in total. The second kappa shape index (κ2) is 5.83. The third-order valence-electron chi connectivity index (χ3n) is 4.12. The van der Waals surface area contributed by atoms with Crippen molar-refractivity contribution in [3.63, 3.8) is 0 Å². The Morgan fingerprint density at radius 3 is 2.40 bits per heavy atom. The summed E-state index contributed by atoms with van der Waals surface area (Å²) in [6.07, 6.45) is 0. The highest BCUT2D eigenvalue weighted by Crippen LogP contribution is 2.29. The van der Waals surface area contributed by atoms with E-state index in [-0.39, 0.29) is 11.9 Å². The lowest BCUT2D eigenvalue weighted by Crippen LogP contribution is -2.55. The standard InChI is InChI=1S/C16H26N2O2/c1-11(12-8-7-9-13(10-12)20-6)18-14(19)15(2,3)16(4,5)17/h7-11H,17H2,1-6H3,(H,18,19). The van der Waals surface area contributed by atoms with E-state index in [1.54, 1.807) is 7.11 Å². The van der Waals surface area contributed by atoms with Crippen molar-refractivity contribution >= 4 is 5.91 Å². The monoisotopic (exact) mass is 278 g/mol. The molecule has 0 bridgehead atoms. The highest BCUT2D eigenvalue weighted by atomic mass is 16.5. The van der Waals surface area contributed by atoms with E-state index < -0.39 is 11.0 Å². The van der Waals surface area contributed by atoms with Crippen LogP contribution in [0.1, 0.15) is 46.2 Å². The minimum atomic E-state index is -0.653. The van der Waals surface area contributed by atoms with E-state index in [0.717, 1.165) is 11.3 Å². The number of benzene rings is 1. The molecular weight excluding hydrogens is 252 g/mol. The summed E-state index contributed by atoms with van der Waals surface area (Å²) in [6, 6.07) is 7.58. The van der Waals surface area contributed by atoms with Gasteiger partial charge in [-0.15, -0.1) is 0 Å². The Labute approximate surface area is 121 Å². The highest BCUT2D eigenvalue weighted by Gasteiger charge is 2.40. The molecule has 1 amide bonds. The highest BCUT2D eigenvalue weighted by molar-refractivity contribution is 5.83. The van der Waals surface area contributed by atoms with Crippen LogP contribution in [0, 0.1) is 5.41 Å². The molecule has 0 aromatic heterocycles. The Kier molecular flexibility index (Phi) is 4.81. The van der Waals surface area contributed by atoms with E-state index in [1.165, 1.54) is 0 Å². The zero-order valence-electron chi connectivity index (χ0n) is 13.3. The van der Waals surface area contributed by atoms with Crippen LogP contribution >= 0.6 is 0 Å². The smallest absolute Gasteiger partial charge is 0.227 e. The van der Waals surface area contributed by atoms with E-state index in [9.17, 15) is 4.79 Å². The summed E-state index contributed by atoms with van der Waals surface area (Å²) < 4.78 is 5.20. The van der Waals surface area contributed by atoms with Gasteiger partial charge >= 0.3 is 0 Å². The van der Waals surface area contributed by atoms with E-state index in [0.29, 0.717) is 0 Å². The fourth-order valence-corrected chi connectivity index (χ4v) is 1.66. The molecule has 1 aromatic rings. The molecule has 0 heterocycles. The molecule has 0 radical (unpaired) electrons. The summed E-state index contributed by atoms with van der Waals surface area (Å²) in [5.74, 6) is 0.724. The molecule has 0 fully saturated rings. The number of nitrogens with one attached hydrogen (secondary N) is 1. The lowest BCUT2D eigenvalue weighted by atomic mass is 9.74. The molecule has 20 heavy (non-hydrogen) atoms. The molecule has 0 saturated heterocycles. The van der Waals surface area contributed by atoms with Gasteiger partial charge in [-0.25, -0.2) is 0 Å². The largest absolute Gasteiger partial charge is 0.497 e. The van der Waals surface area contributed by atoms with Gasteiger partial charge in [-0.05, 0) is 52.3 Å². The molecular formula is C16H26N2O2. The van der Waals surface area contributed by atoms with Gasteiger partial charge in [0.25, 0.3) is 0 Å². The van der Waals surface area contributed by atoms with Gasteiger partial charge in [-0.2, -0.15) is 0 Å². The molecule has 1 aromatic carbocycles. The predicted molar refractivity (Wildman–Crippen MR) is 81.6 cm³/mol. The van der Waals surface area contributed by atoms with E-state index in [2.05, 4.69) is 5.32 Å². The third kappa shape index (κ3) is 3.51. The lowest BCUT2D eigenvalue weighted by Gasteiger charge is -2.37. The molecule has 0 saturated carbocycles. The van der Waals surface area contributed by atoms with Crippen LogP contribution in [0.25, 0.3) is 0 Å². The maximum Gasteiger partial charge on any atom is 0.227 e. The molecule has 1 atom stereocenters. The number of ether oxygens (including phenoxy) is 1. The van der Waals surface area contributed by atoms with Crippen LogP contribution in [0.15, 0.2) is 24.3 Å². The van der Waals surface area contributed by atoms with Crippen LogP contribution < -0.4 is 15.8 Å². The Bertz CT molecular complexity index is 476. The zero-order valence-corrected chi connectivity index (χ0v) is 13.3. The topological polar surface area (TPSA) is 64.3 Å². The molecule has 0 aliphatic rings. The van der Waals surface area contributed by atoms with Crippen LogP contribution in [0.3, 0.4) is 0 Å². The summed E-state index contributed by atoms with van der Waals surface area (Å²) in [6.45, 7) is 9.40. The summed E-state index contributed by atoms with van der Waals surface area (Å²) >= 11 is 0. The third-order valence-corrected chi connectivity index (χ3v) is 4.12. The SMILES string of the molecule is COc1cccc(C(C)NC(=O)C(C)(C)C(C)(C)N)c1. The molecule has 1 unspecified atom stereocenters. The van der Waals surface area contributed by atoms with Crippen molar-refractivity contribution in [2.45, 2.75) is 46.2 Å². The number of carbonyl (C=O) groups is 1. The van der Waals surface area contributed by atoms with E-state index in [4.69, 9.17) is 10.5 Å². The van der Waals surface area contributed by atoms with Crippen molar-refractivity contribution in [2.24, 2.45) is 11.1 Å². The van der Waals surface area contributed by atoms with Gasteiger partial charge < -0.3 is 15.8 Å². The van der Waals surface area contributed by atoms with Gasteiger partial charge in [0, 0.05) is 5.54 Å². The molecule has 4 nitrogen and oxygen atoms in total. The Balaban J connectivity index is 2.85. The number of carbonyl (C=O) groups excluding carboxylic acids is 1. The lowest BCUT2D eigenvalue weighted by molar-refractivity contribution is -0.132. The van der Waals surface area contributed by atoms with E-state index >= 15 is 0 Å². The number of hydrogen-bond acceptors (Lipinski definition) is 3. The average molecular weight is 278 g/mol. The first-order chi connectivity index (χ1) is 9.09. The molecule has 0 aliphatic heterocycles. The predicted octanol–water partition coefficient (Wildman–Crippen LogP) is 2.64. The van der Waals surface area contributed by atoms with Gasteiger partial charge in [0.15, 0.2) is 0 Å². The quantitative estimate of drug-likeness (QED) is 0.870. The van der Waals surface area contributed by atoms with Crippen LogP contribution in [0.4, 0.5) is 0 Å². The second-order valence-corrected chi connectivity index (χ2v) is 6.32. The molecule has 112 valence electrons. The van der Waals surface area contributed by atoms with Crippen LogP contribution in [-0.2, 0) is 4.79 Å². The van der Waals surface area contributed by atoms with Crippen molar-refractivity contribution < 1.29 is 9.53 Å². The van der Waals surface area contributed by atoms with Gasteiger partial charge in [0.05, 0.1) is 18.6 Å². The van der Waals surface area contributed by atoms with Crippen molar-refractivity contribution in [3.05, 3.63) is 29.8 Å². The van der Waals surface area contributed by atoms with Crippen LogP contribution in [0.5, 0.6) is 5.75 Å². The molecule has 0 spiro atoms. The number of hydrogen-bond donors (Lipinski definition) is 2. The van der Waals surface area contributed by atoms with Crippen molar-refractivity contribution in [3.8, 4) is 5.75 Å². The normalized spacial score (nSPS) is 13.8. The van der Waals surface area contributed by atoms with Crippen LogP contribution in [-0.4, -0.2) is 18.6 Å². The Morgan fingerprint density at radius 2 is 1.90 bits per heavy atom. The average Bonchev–Trinajstić information content (AvgIpc) is 2.37. The maximum atomic E-state index is 12.4. The number of rotatable bonds is 5. The summed E-state index contributed by atoms with van der Waals surface area (Å²) in [4.78, 5) is 12.4. The molecule has 1 rings (SSSR count). The minimum absolute atomic E-state index is 0.0553. The number of nitrogens with two attached hydrogens (primary N) is 1. The fraction of sp³-hybridized carbons (Fsp3) is 0.562. The number of methoxy groups -OCH3 is 1. The van der Waals surface area contributed by atoms with Gasteiger partial charge in [0.2, 0.25) is 5.91 Å². The summed E-state index contributed by atoms with van der Waals surface area (Å²) in [7, 11) is 1.63. The van der Waals surface area contributed by atoms with E-state index in [1.807, 2.05) is 58.9 Å². The van der Waals surface area contributed by atoms with Crippen LogP contribution in [0.2, 0.25) is 0 Å². The van der Waals surface area contributed by atoms with Gasteiger partial charge in [-0.3, -0.25) is 4.79 Å². The van der Waals surface area contributed by atoms with Gasteiger partial charge in [0.1, 0.15) is 5.75 Å². The summed E-state index contributed by atoms with van der Waals surface area (Å²) in [5, 5.41) is 3.02. The minimum Gasteiger partial charge on any atom is -0.497 e. The zero-order chi connectivity index (χ0) is 15.6. The van der Waals surface area contributed by atoms with Gasteiger partial charge in [-0.1, -0.05) is 12.1 Å². The molecule has 0 aliphatic carbocycles. The van der Waals surface area contributed by atoms with Crippen molar-refractivity contribution in [1.29, 1.82) is 0 Å². The first-order valence-electron chi connectivity index (χ1n) is 6.83. The Hall–Kier alpha value is -1.55. The second-order valence-electron chi connectivity index (χ2n) is 6.32. The fourth-order valence-electron chi connectivity index (χ4n) is 1.66.